The number of halogens is 1. The molecule has 1 aliphatic heterocycles. The second-order valence-corrected chi connectivity index (χ2v) is 6.37. The van der Waals surface area contributed by atoms with Crippen molar-refractivity contribution in [2.75, 3.05) is 12.8 Å². The van der Waals surface area contributed by atoms with Crippen LogP contribution >= 0.6 is 24.2 Å². The smallest absolute Gasteiger partial charge is 0.237 e. The van der Waals surface area contributed by atoms with Crippen molar-refractivity contribution in [1.82, 2.24) is 10.6 Å². The van der Waals surface area contributed by atoms with Crippen LogP contribution in [-0.2, 0) is 4.79 Å². The minimum absolute atomic E-state index is 0. The maximum absolute atomic E-state index is 12.1. The lowest BCUT2D eigenvalue weighted by Crippen LogP contribution is -2.50. The zero-order valence-corrected chi connectivity index (χ0v) is 12.7. The molecule has 1 aliphatic carbocycles. The fraction of sp³-hybridized carbons (Fsp3) is 0.923. The second kappa shape index (κ2) is 8.28. The minimum atomic E-state index is 0. The molecule has 0 bridgehead atoms. The molecule has 0 radical (unpaired) electrons. The second-order valence-electron chi connectivity index (χ2n) is 5.23. The monoisotopic (exact) mass is 292 g/mol. The molecule has 1 heterocycles. The van der Waals surface area contributed by atoms with Gasteiger partial charge in [0.1, 0.15) is 0 Å². The molecule has 18 heavy (non-hydrogen) atoms. The van der Waals surface area contributed by atoms with E-state index in [0.717, 1.165) is 31.1 Å². The van der Waals surface area contributed by atoms with Crippen molar-refractivity contribution in [2.45, 2.75) is 62.3 Å². The zero-order valence-electron chi connectivity index (χ0n) is 11.1. The van der Waals surface area contributed by atoms with Gasteiger partial charge in [-0.3, -0.25) is 4.79 Å². The van der Waals surface area contributed by atoms with Gasteiger partial charge in [0.25, 0.3) is 0 Å². The van der Waals surface area contributed by atoms with E-state index in [9.17, 15) is 4.79 Å². The van der Waals surface area contributed by atoms with Gasteiger partial charge in [0.15, 0.2) is 0 Å². The Kier molecular flexibility index (Phi) is 7.42. The molecule has 2 fully saturated rings. The van der Waals surface area contributed by atoms with Gasteiger partial charge in [0.05, 0.1) is 6.04 Å². The SMILES string of the molecule is CSC1CCCC(NC(=O)C2CCCCN2)C1.Cl. The summed E-state index contributed by atoms with van der Waals surface area (Å²) in [5, 5.41) is 7.30. The van der Waals surface area contributed by atoms with Gasteiger partial charge >= 0.3 is 0 Å². The van der Waals surface area contributed by atoms with Crippen molar-refractivity contribution in [3.8, 4) is 0 Å². The van der Waals surface area contributed by atoms with Gasteiger partial charge in [-0.05, 0) is 44.9 Å². The van der Waals surface area contributed by atoms with Crippen molar-refractivity contribution in [1.29, 1.82) is 0 Å². The van der Waals surface area contributed by atoms with Crippen LogP contribution in [0.15, 0.2) is 0 Å². The van der Waals surface area contributed by atoms with Crippen molar-refractivity contribution in [3.05, 3.63) is 0 Å². The summed E-state index contributed by atoms with van der Waals surface area (Å²) in [5.41, 5.74) is 0. The Labute approximate surface area is 121 Å². The first-order valence-electron chi connectivity index (χ1n) is 6.86. The highest BCUT2D eigenvalue weighted by molar-refractivity contribution is 7.99. The number of amides is 1. The highest BCUT2D eigenvalue weighted by Crippen LogP contribution is 2.27. The molecule has 3 unspecified atom stereocenters. The topological polar surface area (TPSA) is 41.1 Å². The Bertz CT molecular complexity index is 259. The van der Waals surface area contributed by atoms with Gasteiger partial charge in [0.2, 0.25) is 5.91 Å². The number of carbonyl (C=O) groups excluding carboxylic acids is 1. The van der Waals surface area contributed by atoms with E-state index in [2.05, 4.69) is 16.9 Å². The predicted octanol–water partition coefficient (Wildman–Crippen LogP) is 2.34. The molecular formula is C13H25ClN2OS. The summed E-state index contributed by atoms with van der Waals surface area (Å²) in [7, 11) is 0. The lowest BCUT2D eigenvalue weighted by molar-refractivity contribution is -0.124. The van der Waals surface area contributed by atoms with Crippen LogP contribution in [-0.4, -0.2) is 36.0 Å². The van der Waals surface area contributed by atoms with Crippen molar-refractivity contribution < 1.29 is 4.79 Å². The van der Waals surface area contributed by atoms with E-state index < -0.39 is 0 Å². The number of rotatable bonds is 3. The molecule has 5 heteroatoms. The van der Waals surface area contributed by atoms with Crippen LogP contribution in [0.2, 0.25) is 0 Å². The molecule has 0 aromatic rings. The molecule has 0 aromatic heterocycles. The van der Waals surface area contributed by atoms with Crippen LogP contribution in [0.5, 0.6) is 0 Å². The molecule has 0 spiro atoms. The number of nitrogens with one attached hydrogen (secondary N) is 2. The van der Waals surface area contributed by atoms with E-state index in [1.165, 1.54) is 25.7 Å². The van der Waals surface area contributed by atoms with Crippen LogP contribution < -0.4 is 10.6 Å². The molecule has 2 rings (SSSR count). The molecule has 1 saturated heterocycles. The van der Waals surface area contributed by atoms with E-state index in [1.807, 2.05) is 11.8 Å². The van der Waals surface area contributed by atoms with Crippen LogP contribution in [0, 0.1) is 0 Å². The molecule has 3 nitrogen and oxygen atoms in total. The lowest BCUT2D eigenvalue weighted by Gasteiger charge is -2.31. The van der Waals surface area contributed by atoms with Gasteiger partial charge in [0, 0.05) is 11.3 Å². The van der Waals surface area contributed by atoms with Gasteiger partial charge in [-0.1, -0.05) is 12.8 Å². The first kappa shape index (κ1) is 16.1. The number of hydrogen-bond acceptors (Lipinski definition) is 3. The highest BCUT2D eigenvalue weighted by Gasteiger charge is 2.26. The maximum atomic E-state index is 12.1. The zero-order chi connectivity index (χ0) is 12.1. The standard InChI is InChI=1S/C13H24N2OS.ClH/c1-17-11-6-4-5-10(9-11)15-13(16)12-7-2-3-8-14-12;/h10-12,14H,2-9H2,1H3,(H,15,16);1H. The minimum Gasteiger partial charge on any atom is -0.352 e. The highest BCUT2D eigenvalue weighted by atomic mass is 35.5. The Balaban J connectivity index is 0.00000162. The fourth-order valence-corrected chi connectivity index (χ4v) is 3.69. The summed E-state index contributed by atoms with van der Waals surface area (Å²) in [5.74, 6) is 0.233. The number of thioether (sulfide) groups is 1. The van der Waals surface area contributed by atoms with E-state index >= 15 is 0 Å². The molecule has 1 amide bonds. The first-order chi connectivity index (χ1) is 8.29. The normalized spacial score (nSPS) is 32.4. The van der Waals surface area contributed by atoms with Crippen LogP contribution in [0.25, 0.3) is 0 Å². The Hall–Kier alpha value is 0.0700. The predicted molar refractivity (Wildman–Crippen MR) is 80.6 cm³/mol. The average Bonchev–Trinajstić information content (AvgIpc) is 2.40. The Morgan fingerprint density at radius 1 is 1.22 bits per heavy atom. The largest absolute Gasteiger partial charge is 0.352 e. The summed E-state index contributed by atoms with van der Waals surface area (Å²) in [6.45, 7) is 0.996. The quantitative estimate of drug-likeness (QED) is 0.839. The van der Waals surface area contributed by atoms with Gasteiger partial charge in [-0.2, -0.15) is 11.8 Å². The summed E-state index contributed by atoms with van der Waals surface area (Å²) in [4.78, 5) is 12.1. The molecule has 0 aromatic carbocycles. The molecule has 2 N–H and O–H groups in total. The Morgan fingerprint density at radius 3 is 2.72 bits per heavy atom. The van der Waals surface area contributed by atoms with Crippen LogP contribution in [0.3, 0.4) is 0 Å². The average molecular weight is 293 g/mol. The molecule has 1 saturated carbocycles. The van der Waals surface area contributed by atoms with Crippen molar-refractivity contribution >= 4 is 30.1 Å². The molecule has 3 atom stereocenters. The lowest BCUT2D eigenvalue weighted by atomic mass is 9.94. The number of carbonyl (C=O) groups is 1. The van der Waals surface area contributed by atoms with E-state index in [-0.39, 0.29) is 24.4 Å². The molecular weight excluding hydrogens is 268 g/mol. The van der Waals surface area contributed by atoms with Crippen molar-refractivity contribution in [3.63, 3.8) is 0 Å². The molecule has 2 aliphatic rings. The van der Waals surface area contributed by atoms with Gasteiger partial charge in [-0.25, -0.2) is 0 Å². The first-order valence-corrected chi connectivity index (χ1v) is 8.15. The third-order valence-corrected chi connectivity index (χ3v) is 5.03. The third-order valence-electron chi connectivity index (χ3n) is 3.93. The summed E-state index contributed by atoms with van der Waals surface area (Å²) >= 11 is 1.95. The van der Waals surface area contributed by atoms with Gasteiger partial charge in [-0.15, -0.1) is 12.4 Å². The van der Waals surface area contributed by atoms with Crippen LogP contribution in [0.4, 0.5) is 0 Å². The Morgan fingerprint density at radius 2 is 2.06 bits per heavy atom. The van der Waals surface area contributed by atoms with Crippen LogP contribution in [0.1, 0.15) is 44.9 Å². The summed E-state index contributed by atoms with van der Waals surface area (Å²) < 4.78 is 0. The number of hydrogen-bond donors (Lipinski definition) is 2. The molecule has 106 valence electrons. The van der Waals surface area contributed by atoms with Gasteiger partial charge < -0.3 is 10.6 Å². The fourth-order valence-electron chi connectivity index (χ4n) is 2.87. The summed E-state index contributed by atoms with van der Waals surface area (Å²) in [6, 6.07) is 0.482. The van der Waals surface area contributed by atoms with Crippen molar-refractivity contribution in [2.24, 2.45) is 0 Å². The maximum Gasteiger partial charge on any atom is 0.237 e. The third kappa shape index (κ3) is 4.63. The van der Waals surface area contributed by atoms with E-state index in [1.54, 1.807) is 0 Å². The number of piperidine rings is 1. The van der Waals surface area contributed by atoms with E-state index in [0.29, 0.717) is 6.04 Å². The van der Waals surface area contributed by atoms with E-state index in [4.69, 9.17) is 0 Å². The summed E-state index contributed by atoms with van der Waals surface area (Å²) in [6.07, 6.45) is 10.5.